The highest BCUT2D eigenvalue weighted by Crippen LogP contribution is 2.29. The molecule has 0 spiro atoms. The molecule has 1 N–H and O–H groups in total. The van der Waals surface area contributed by atoms with Crippen LogP contribution in [0.4, 0.5) is 0 Å². The van der Waals surface area contributed by atoms with Crippen LogP contribution in [0.5, 0.6) is 0 Å². The van der Waals surface area contributed by atoms with Gasteiger partial charge in [-0.2, -0.15) is 4.31 Å². The van der Waals surface area contributed by atoms with Crippen LogP contribution < -0.4 is 5.56 Å². The number of nitrogens with one attached hydrogen (secondary N) is 1. The highest BCUT2D eigenvalue weighted by molar-refractivity contribution is 7.89. The number of ether oxygens (including phenoxy) is 1. The van der Waals surface area contributed by atoms with Gasteiger partial charge in [-0.15, -0.1) is 11.3 Å². The standard InChI is InChI=1S/C21H24ClN3O5S2/c1-6-25(7-2)32(28,29)16-10-14(8-9-15(16)22)21(27)30-12(4)18-23-19(26)17-11(3)13(5)31-20(17)24-18/h8-10,12H,6-7H2,1-5H3,(H,23,24,26). The molecule has 1 aromatic carbocycles. The summed E-state index contributed by atoms with van der Waals surface area (Å²) in [5.41, 5.74) is 0.602. The number of aromatic amines is 1. The summed E-state index contributed by atoms with van der Waals surface area (Å²) in [6.07, 6.45) is -0.860. The van der Waals surface area contributed by atoms with Gasteiger partial charge in [-0.3, -0.25) is 4.79 Å². The van der Waals surface area contributed by atoms with E-state index in [2.05, 4.69) is 9.97 Å². The fraction of sp³-hybridized carbons (Fsp3) is 0.381. The Hall–Kier alpha value is -2.27. The Morgan fingerprint density at radius 2 is 1.94 bits per heavy atom. The maximum absolute atomic E-state index is 12.9. The number of carbonyl (C=O) groups excluding carboxylic acids is 1. The maximum atomic E-state index is 12.9. The van der Waals surface area contributed by atoms with Crippen molar-refractivity contribution in [3.63, 3.8) is 0 Å². The van der Waals surface area contributed by atoms with Crippen molar-refractivity contribution < 1.29 is 17.9 Å². The second-order valence-corrected chi connectivity index (χ2v) is 10.7. The van der Waals surface area contributed by atoms with Crippen LogP contribution in [-0.4, -0.2) is 41.7 Å². The summed E-state index contributed by atoms with van der Waals surface area (Å²) in [7, 11) is -3.87. The lowest BCUT2D eigenvalue weighted by Gasteiger charge is -2.19. The minimum Gasteiger partial charge on any atom is -0.451 e. The SMILES string of the molecule is CCN(CC)S(=O)(=O)c1cc(C(=O)OC(C)c2nc3sc(C)c(C)c3c(=O)[nH]2)ccc1Cl. The number of halogens is 1. The van der Waals surface area contributed by atoms with Gasteiger partial charge in [0.15, 0.2) is 11.9 Å². The fourth-order valence-electron chi connectivity index (χ4n) is 3.28. The average molecular weight is 498 g/mol. The molecule has 0 fully saturated rings. The van der Waals surface area contributed by atoms with Gasteiger partial charge in [0.2, 0.25) is 10.0 Å². The van der Waals surface area contributed by atoms with Gasteiger partial charge in [0.25, 0.3) is 5.56 Å². The summed E-state index contributed by atoms with van der Waals surface area (Å²) in [6, 6.07) is 3.95. The smallest absolute Gasteiger partial charge is 0.338 e. The van der Waals surface area contributed by atoms with Crippen molar-refractivity contribution >= 4 is 49.1 Å². The lowest BCUT2D eigenvalue weighted by molar-refractivity contribution is 0.0320. The van der Waals surface area contributed by atoms with Gasteiger partial charge < -0.3 is 9.72 Å². The average Bonchev–Trinajstić information content (AvgIpc) is 3.02. The molecule has 11 heteroatoms. The molecular weight excluding hydrogens is 474 g/mol. The number of nitrogens with zero attached hydrogens (tertiary/aromatic N) is 2. The predicted molar refractivity (Wildman–Crippen MR) is 125 cm³/mol. The number of carbonyl (C=O) groups is 1. The fourth-order valence-corrected chi connectivity index (χ4v) is 6.27. The van der Waals surface area contributed by atoms with Crippen LogP contribution in [0.1, 0.15) is 53.5 Å². The number of aryl methyl sites for hydroxylation is 2. The van der Waals surface area contributed by atoms with Crippen LogP contribution in [0, 0.1) is 13.8 Å². The molecule has 3 rings (SSSR count). The van der Waals surface area contributed by atoms with Crippen molar-refractivity contribution in [2.45, 2.75) is 45.6 Å². The van der Waals surface area contributed by atoms with Gasteiger partial charge in [-0.05, 0) is 44.5 Å². The second-order valence-electron chi connectivity index (χ2n) is 7.20. The third kappa shape index (κ3) is 4.45. The van der Waals surface area contributed by atoms with Crippen molar-refractivity contribution in [2.75, 3.05) is 13.1 Å². The van der Waals surface area contributed by atoms with Crippen molar-refractivity contribution in [3.8, 4) is 0 Å². The Kier molecular flexibility index (Phi) is 7.09. The first-order valence-electron chi connectivity index (χ1n) is 10.0. The maximum Gasteiger partial charge on any atom is 0.338 e. The zero-order chi connectivity index (χ0) is 23.8. The number of hydrogen-bond donors (Lipinski definition) is 1. The van der Waals surface area contributed by atoms with Crippen LogP contribution in [0.15, 0.2) is 27.9 Å². The van der Waals surface area contributed by atoms with E-state index in [1.807, 2.05) is 13.8 Å². The number of esters is 1. The zero-order valence-electron chi connectivity index (χ0n) is 18.4. The number of benzene rings is 1. The number of thiophene rings is 1. The normalized spacial score (nSPS) is 13.0. The summed E-state index contributed by atoms with van der Waals surface area (Å²) >= 11 is 7.52. The van der Waals surface area contributed by atoms with E-state index in [0.29, 0.717) is 10.2 Å². The first-order chi connectivity index (χ1) is 15.0. The zero-order valence-corrected chi connectivity index (χ0v) is 20.7. The molecule has 3 aromatic rings. The van der Waals surface area contributed by atoms with Gasteiger partial charge in [0, 0.05) is 18.0 Å². The van der Waals surface area contributed by atoms with E-state index in [-0.39, 0.29) is 40.0 Å². The van der Waals surface area contributed by atoms with E-state index >= 15 is 0 Å². The number of H-pyrrole nitrogens is 1. The monoisotopic (exact) mass is 497 g/mol. The molecule has 0 amide bonds. The van der Waals surface area contributed by atoms with Crippen LogP contribution in [0.2, 0.25) is 5.02 Å². The number of rotatable bonds is 7. The molecule has 2 aromatic heterocycles. The molecule has 2 heterocycles. The Balaban J connectivity index is 1.91. The van der Waals surface area contributed by atoms with E-state index < -0.39 is 22.1 Å². The summed E-state index contributed by atoms with van der Waals surface area (Å²) in [4.78, 5) is 33.7. The molecule has 172 valence electrons. The van der Waals surface area contributed by atoms with Gasteiger partial charge in [-0.1, -0.05) is 25.4 Å². The van der Waals surface area contributed by atoms with Crippen molar-refractivity contribution in [1.82, 2.24) is 14.3 Å². The van der Waals surface area contributed by atoms with Crippen LogP contribution in [0.3, 0.4) is 0 Å². The minimum absolute atomic E-state index is 0.0152. The number of aromatic nitrogens is 2. The third-order valence-electron chi connectivity index (χ3n) is 5.22. The molecule has 0 aliphatic rings. The largest absolute Gasteiger partial charge is 0.451 e. The Morgan fingerprint density at radius 1 is 1.28 bits per heavy atom. The molecule has 0 saturated heterocycles. The molecule has 0 saturated carbocycles. The minimum atomic E-state index is -3.87. The summed E-state index contributed by atoms with van der Waals surface area (Å²) in [5, 5.41) is 0.542. The molecule has 8 nitrogen and oxygen atoms in total. The van der Waals surface area contributed by atoms with Gasteiger partial charge in [-0.25, -0.2) is 18.2 Å². The number of hydrogen-bond acceptors (Lipinski definition) is 7. The summed E-state index contributed by atoms with van der Waals surface area (Å²) in [5.74, 6) is -0.548. The molecular formula is C21H24ClN3O5S2. The number of fused-ring (bicyclic) bond motifs is 1. The predicted octanol–water partition coefficient (Wildman–Crippen LogP) is 4.20. The van der Waals surface area contributed by atoms with Gasteiger partial charge >= 0.3 is 5.97 Å². The van der Waals surface area contributed by atoms with E-state index in [0.717, 1.165) is 10.4 Å². The molecule has 0 aliphatic heterocycles. The Morgan fingerprint density at radius 3 is 2.56 bits per heavy atom. The van der Waals surface area contributed by atoms with Gasteiger partial charge in [0.1, 0.15) is 9.73 Å². The molecule has 1 unspecified atom stereocenters. The Labute approximate surface area is 195 Å². The van der Waals surface area contributed by atoms with Crippen LogP contribution >= 0.6 is 22.9 Å². The first-order valence-corrected chi connectivity index (χ1v) is 12.6. The van der Waals surface area contributed by atoms with E-state index in [4.69, 9.17) is 16.3 Å². The third-order valence-corrected chi connectivity index (χ3v) is 8.85. The molecule has 1 atom stereocenters. The second kappa shape index (κ2) is 9.30. The molecule has 0 radical (unpaired) electrons. The van der Waals surface area contributed by atoms with E-state index in [9.17, 15) is 18.0 Å². The lowest BCUT2D eigenvalue weighted by atomic mass is 10.2. The van der Waals surface area contributed by atoms with Crippen LogP contribution in [0.25, 0.3) is 10.2 Å². The lowest BCUT2D eigenvalue weighted by Crippen LogP contribution is -2.31. The van der Waals surface area contributed by atoms with Crippen molar-refractivity contribution in [1.29, 1.82) is 0 Å². The number of sulfonamides is 1. The molecule has 0 bridgehead atoms. The first kappa shape index (κ1) is 24.4. The topological polar surface area (TPSA) is 109 Å². The Bertz CT molecular complexity index is 1340. The summed E-state index contributed by atoms with van der Waals surface area (Å²) < 4.78 is 32.4. The van der Waals surface area contributed by atoms with E-state index in [1.165, 1.54) is 33.8 Å². The highest BCUT2D eigenvalue weighted by Gasteiger charge is 2.26. The van der Waals surface area contributed by atoms with Crippen molar-refractivity contribution in [3.05, 3.63) is 55.4 Å². The van der Waals surface area contributed by atoms with Crippen LogP contribution in [-0.2, 0) is 14.8 Å². The quantitative estimate of drug-likeness (QED) is 0.490. The van der Waals surface area contributed by atoms with Crippen molar-refractivity contribution in [2.24, 2.45) is 0 Å². The summed E-state index contributed by atoms with van der Waals surface area (Å²) in [6.45, 7) is 9.33. The highest BCUT2D eigenvalue weighted by atomic mass is 35.5. The molecule has 0 aliphatic carbocycles. The molecule has 32 heavy (non-hydrogen) atoms. The van der Waals surface area contributed by atoms with E-state index in [1.54, 1.807) is 20.8 Å². The van der Waals surface area contributed by atoms with Gasteiger partial charge in [0.05, 0.1) is 16.0 Å².